The molecule has 0 fully saturated rings. The fraction of sp³-hybridized carbons (Fsp3) is 0.0377. The van der Waals surface area contributed by atoms with Crippen molar-refractivity contribution in [2.75, 3.05) is 0 Å². The summed E-state index contributed by atoms with van der Waals surface area (Å²) in [7, 11) is 0. The van der Waals surface area contributed by atoms with Gasteiger partial charge >= 0.3 is 0 Å². The van der Waals surface area contributed by atoms with Crippen LogP contribution in [0.5, 0.6) is 0 Å². The lowest BCUT2D eigenvalue weighted by Crippen LogP contribution is -1.98. The quantitative estimate of drug-likeness (QED) is 0.168. The van der Waals surface area contributed by atoms with Crippen LogP contribution in [-0.4, -0.2) is 14.1 Å². The fourth-order valence-electron chi connectivity index (χ4n) is 8.68. The summed E-state index contributed by atoms with van der Waals surface area (Å²) in [6.45, 7) is 0. The smallest absolute Gasteiger partial charge is 0.0715 e. The molecule has 3 aromatic heterocycles. The Morgan fingerprint density at radius 2 is 0.929 bits per heavy atom. The molecular weight excluding hydrogens is 679 g/mol. The van der Waals surface area contributed by atoms with Crippen LogP contribution in [0.4, 0.5) is 0 Å². The summed E-state index contributed by atoms with van der Waals surface area (Å²) in [5.41, 5.74) is 16.2. The first-order chi connectivity index (χ1) is 27.8. The summed E-state index contributed by atoms with van der Waals surface area (Å²) in [5.74, 6) is 0. The number of rotatable bonds is 6. The van der Waals surface area contributed by atoms with Crippen LogP contribution in [0.25, 0.3) is 99.8 Å². The molecule has 0 saturated carbocycles. The summed E-state index contributed by atoms with van der Waals surface area (Å²) >= 11 is 0. The third kappa shape index (κ3) is 5.39. The Bertz CT molecular complexity index is 3100. The molecule has 0 unspecified atom stereocenters. The van der Waals surface area contributed by atoms with Crippen LogP contribution in [0.1, 0.15) is 12.8 Å². The van der Waals surface area contributed by atoms with E-state index in [2.05, 4.69) is 197 Å². The molecule has 10 aromatic rings. The largest absolute Gasteiger partial charge is 0.313 e. The summed E-state index contributed by atoms with van der Waals surface area (Å²) in [6, 6.07) is 65.9. The van der Waals surface area contributed by atoms with Gasteiger partial charge in [-0.25, -0.2) is 4.98 Å². The van der Waals surface area contributed by atoms with Crippen molar-refractivity contribution >= 4 is 49.3 Å². The zero-order chi connectivity index (χ0) is 37.0. The average molecular weight is 716 g/mol. The maximum atomic E-state index is 5.10. The monoisotopic (exact) mass is 715 g/mol. The molecule has 3 heterocycles. The highest BCUT2D eigenvalue weighted by molar-refractivity contribution is 6.13. The van der Waals surface area contributed by atoms with Gasteiger partial charge < -0.3 is 9.13 Å². The normalized spacial score (nSPS) is 12.9. The molecule has 1 aliphatic rings. The van der Waals surface area contributed by atoms with Crippen LogP contribution in [0.2, 0.25) is 0 Å². The molecule has 0 amide bonds. The van der Waals surface area contributed by atoms with Crippen molar-refractivity contribution in [2.24, 2.45) is 0 Å². The molecule has 3 heteroatoms. The van der Waals surface area contributed by atoms with Crippen molar-refractivity contribution in [2.45, 2.75) is 12.8 Å². The number of hydrogen-bond acceptors (Lipinski definition) is 1. The van der Waals surface area contributed by atoms with Crippen molar-refractivity contribution in [3.8, 4) is 50.5 Å². The summed E-state index contributed by atoms with van der Waals surface area (Å²) in [6.07, 6.45) is 8.83. The van der Waals surface area contributed by atoms with Crippen molar-refractivity contribution in [3.63, 3.8) is 0 Å². The molecule has 11 rings (SSSR count). The van der Waals surface area contributed by atoms with Crippen LogP contribution in [0, 0.1) is 0 Å². The van der Waals surface area contributed by atoms with Crippen LogP contribution in [0.15, 0.2) is 200 Å². The van der Waals surface area contributed by atoms with Gasteiger partial charge in [-0.15, -0.1) is 0 Å². The lowest BCUT2D eigenvalue weighted by Gasteiger charge is -2.14. The third-order valence-electron chi connectivity index (χ3n) is 11.4. The average Bonchev–Trinajstić information content (AvgIpc) is 3.79. The van der Waals surface area contributed by atoms with E-state index in [4.69, 9.17) is 4.98 Å². The van der Waals surface area contributed by atoms with E-state index in [-0.39, 0.29) is 0 Å². The van der Waals surface area contributed by atoms with Crippen molar-refractivity contribution in [1.29, 1.82) is 0 Å². The van der Waals surface area contributed by atoms with Gasteiger partial charge in [0.2, 0.25) is 0 Å². The first kappa shape index (κ1) is 32.2. The SMILES string of the molecule is C1=CCCC(n2c3ccccc3c3cc(-c4ccc5c6ccccc6n(-c6ccc(-c7cc(-c8ccccc8)nc(-c8ccccc8)c7)cc6)c5c4)ccc32)=C1. The predicted molar refractivity (Wildman–Crippen MR) is 236 cm³/mol. The predicted octanol–water partition coefficient (Wildman–Crippen LogP) is 14.1. The summed E-state index contributed by atoms with van der Waals surface area (Å²) < 4.78 is 4.88. The Labute approximate surface area is 325 Å². The Balaban J connectivity index is 1.03. The number of fused-ring (bicyclic) bond motifs is 6. The number of para-hydroxylation sites is 2. The Morgan fingerprint density at radius 3 is 1.61 bits per heavy atom. The second-order valence-corrected chi connectivity index (χ2v) is 14.7. The van der Waals surface area contributed by atoms with Gasteiger partial charge in [0, 0.05) is 44.1 Å². The number of hydrogen-bond donors (Lipinski definition) is 0. The van der Waals surface area contributed by atoms with E-state index in [0.717, 1.165) is 52.2 Å². The molecule has 7 aromatic carbocycles. The van der Waals surface area contributed by atoms with Crippen molar-refractivity contribution in [3.05, 3.63) is 200 Å². The Morgan fingerprint density at radius 1 is 0.375 bits per heavy atom. The number of pyridine rings is 1. The lowest BCUT2D eigenvalue weighted by molar-refractivity contribution is 0.979. The van der Waals surface area contributed by atoms with Crippen LogP contribution >= 0.6 is 0 Å². The molecule has 0 spiro atoms. The molecule has 3 nitrogen and oxygen atoms in total. The highest BCUT2D eigenvalue weighted by Crippen LogP contribution is 2.39. The molecule has 1 aliphatic carbocycles. The van der Waals surface area contributed by atoms with Gasteiger partial charge in [0.25, 0.3) is 0 Å². The molecular formula is C53H37N3. The third-order valence-corrected chi connectivity index (χ3v) is 11.4. The fourth-order valence-corrected chi connectivity index (χ4v) is 8.68. The molecule has 0 bridgehead atoms. The molecule has 0 saturated heterocycles. The van der Waals surface area contributed by atoms with Crippen molar-refractivity contribution < 1.29 is 0 Å². The van der Waals surface area contributed by atoms with Crippen molar-refractivity contribution in [1.82, 2.24) is 14.1 Å². The number of allylic oxidation sites excluding steroid dienone is 4. The molecule has 56 heavy (non-hydrogen) atoms. The summed E-state index contributed by atoms with van der Waals surface area (Å²) in [4.78, 5) is 5.10. The van der Waals surface area contributed by atoms with Gasteiger partial charge in [0.05, 0.1) is 33.5 Å². The Kier molecular flexibility index (Phi) is 7.63. The zero-order valence-electron chi connectivity index (χ0n) is 30.8. The van der Waals surface area contributed by atoms with Crippen LogP contribution in [0.3, 0.4) is 0 Å². The lowest BCUT2D eigenvalue weighted by atomic mass is 9.99. The van der Waals surface area contributed by atoms with Crippen LogP contribution in [-0.2, 0) is 0 Å². The van der Waals surface area contributed by atoms with E-state index in [9.17, 15) is 0 Å². The number of aromatic nitrogens is 3. The van der Waals surface area contributed by atoms with Gasteiger partial charge in [0.1, 0.15) is 0 Å². The van der Waals surface area contributed by atoms with Crippen LogP contribution < -0.4 is 0 Å². The molecule has 0 aliphatic heterocycles. The standard InChI is InChI=1S/C53H37N3/c1-4-14-37(15-5-1)48-33-41(34-49(54-48)38-16-6-2-7-17-38)36-24-28-43(29-25-36)56-50-22-12-10-20-44(50)46-30-26-40(35-53(46)56)39-27-31-52-47(32-39)45-21-11-13-23-51(45)55(52)42-18-8-3-9-19-42/h1-8,10-18,20-35H,9,19H2. The minimum atomic E-state index is 0.965. The maximum Gasteiger partial charge on any atom is 0.0715 e. The molecule has 0 atom stereocenters. The van der Waals surface area contributed by atoms with E-state index in [1.807, 2.05) is 12.1 Å². The van der Waals surface area contributed by atoms with E-state index < -0.39 is 0 Å². The van der Waals surface area contributed by atoms with Gasteiger partial charge in [-0.05, 0) is 95.8 Å². The molecule has 264 valence electrons. The van der Waals surface area contributed by atoms with E-state index in [1.165, 1.54) is 60.4 Å². The second kappa shape index (κ2) is 13.3. The highest BCUT2D eigenvalue weighted by Gasteiger charge is 2.17. The minimum Gasteiger partial charge on any atom is -0.313 e. The zero-order valence-corrected chi connectivity index (χ0v) is 30.8. The van der Waals surface area contributed by atoms with Gasteiger partial charge in [-0.3, -0.25) is 0 Å². The second-order valence-electron chi connectivity index (χ2n) is 14.7. The Hall–Kier alpha value is -7.23. The van der Waals surface area contributed by atoms with E-state index in [0.29, 0.717) is 0 Å². The maximum absolute atomic E-state index is 5.10. The first-order valence-corrected chi connectivity index (χ1v) is 19.4. The van der Waals surface area contributed by atoms with Gasteiger partial charge in [-0.2, -0.15) is 0 Å². The number of nitrogens with zero attached hydrogens (tertiary/aromatic N) is 3. The summed E-state index contributed by atoms with van der Waals surface area (Å²) in [5, 5.41) is 5.07. The molecule has 0 radical (unpaired) electrons. The minimum absolute atomic E-state index is 0.965. The van der Waals surface area contributed by atoms with Gasteiger partial charge in [-0.1, -0.05) is 140 Å². The number of benzene rings is 7. The molecule has 0 N–H and O–H groups in total. The van der Waals surface area contributed by atoms with E-state index in [1.54, 1.807) is 0 Å². The van der Waals surface area contributed by atoms with Gasteiger partial charge in [0.15, 0.2) is 0 Å². The first-order valence-electron chi connectivity index (χ1n) is 19.4. The van der Waals surface area contributed by atoms with E-state index >= 15 is 0 Å². The highest BCUT2D eigenvalue weighted by atomic mass is 15.0. The topological polar surface area (TPSA) is 22.8 Å².